The van der Waals surface area contributed by atoms with Gasteiger partial charge in [-0.3, -0.25) is 4.79 Å². The highest BCUT2D eigenvalue weighted by molar-refractivity contribution is 5.76. The zero-order valence-corrected chi connectivity index (χ0v) is 14.3. The second-order valence-electron chi connectivity index (χ2n) is 7.46. The molecular formula is C17H33N3O2. The van der Waals surface area contributed by atoms with Crippen molar-refractivity contribution in [1.82, 2.24) is 15.1 Å². The van der Waals surface area contributed by atoms with Crippen LogP contribution < -0.4 is 5.32 Å². The Kier molecular flexibility index (Phi) is 6.66. The molecule has 1 amide bonds. The summed E-state index contributed by atoms with van der Waals surface area (Å²) < 4.78 is 0. The fourth-order valence-electron chi connectivity index (χ4n) is 3.64. The topological polar surface area (TPSA) is 55.8 Å². The van der Waals surface area contributed by atoms with Crippen molar-refractivity contribution < 1.29 is 9.90 Å². The van der Waals surface area contributed by atoms with Gasteiger partial charge in [-0.05, 0) is 39.8 Å². The monoisotopic (exact) mass is 311 g/mol. The fraction of sp³-hybridized carbons (Fsp3) is 0.941. The van der Waals surface area contributed by atoms with E-state index in [0.717, 1.165) is 64.7 Å². The Morgan fingerprint density at radius 2 is 1.86 bits per heavy atom. The average Bonchev–Trinajstić information content (AvgIpc) is 2.48. The molecule has 1 saturated heterocycles. The van der Waals surface area contributed by atoms with Crippen LogP contribution in [0.4, 0.5) is 0 Å². The summed E-state index contributed by atoms with van der Waals surface area (Å²) in [5, 5.41) is 13.8. The Labute approximate surface area is 135 Å². The van der Waals surface area contributed by atoms with E-state index < -0.39 is 5.60 Å². The van der Waals surface area contributed by atoms with Gasteiger partial charge in [-0.15, -0.1) is 0 Å². The molecular weight excluding hydrogens is 278 g/mol. The number of likely N-dealkylation sites (tertiary alicyclic amines) is 1. The Morgan fingerprint density at radius 1 is 1.23 bits per heavy atom. The fourth-order valence-corrected chi connectivity index (χ4v) is 3.64. The van der Waals surface area contributed by atoms with Crippen LogP contribution in [0.1, 0.15) is 51.4 Å². The second-order valence-corrected chi connectivity index (χ2v) is 7.46. The molecule has 22 heavy (non-hydrogen) atoms. The first-order valence-corrected chi connectivity index (χ1v) is 8.86. The molecule has 5 heteroatoms. The van der Waals surface area contributed by atoms with E-state index in [1.165, 1.54) is 6.42 Å². The van der Waals surface area contributed by atoms with Crippen LogP contribution in [0.15, 0.2) is 0 Å². The van der Waals surface area contributed by atoms with E-state index >= 15 is 0 Å². The van der Waals surface area contributed by atoms with Crippen LogP contribution in [0, 0.1) is 0 Å². The van der Waals surface area contributed by atoms with Gasteiger partial charge in [0.05, 0.1) is 5.60 Å². The molecule has 2 N–H and O–H groups in total. The molecule has 2 aliphatic rings. The Morgan fingerprint density at radius 3 is 2.45 bits per heavy atom. The van der Waals surface area contributed by atoms with Crippen LogP contribution in [-0.4, -0.2) is 72.7 Å². The lowest BCUT2D eigenvalue weighted by atomic mass is 9.84. The molecule has 1 aliphatic heterocycles. The largest absolute Gasteiger partial charge is 0.389 e. The number of nitrogens with one attached hydrogen (secondary N) is 1. The van der Waals surface area contributed by atoms with Gasteiger partial charge in [-0.1, -0.05) is 19.3 Å². The van der Waals surface area contributed by atoms with Crippen molar-refractivity contribution in [1.29, 1.82) is 0 Å². The maximum Gasteiger partial charge on any atom is 0.221 e. The predicted octanol–water partition coefficient (Wildman–Crippen LogP) is 1.21. The summed E-state index contributed by atoms with van der Waals surface area (Å²) in [6.45, 7) is 3.59. The van der Waals surface area contributed by atoms with Gasteiger partial charge < -0.3 is 20.2 Å². The molecule has 1 aliphatic carbocycles. The van der Waals surface area contributed by atoms with Crippen molar-refractivity contribution in [3.8, 4) is 0 Å². The number of piperidine rings is 1. The zero-order valence-electron chi connectivity index (χ0n) is 14.3. The van der Waals surface area contributed by atoms with Gasteiger partial charge in [0, 0.05) is 38.6 Å². The normalized spacial score (nSPS) is 23.6. The maximum absolute atomic E-state index is 11.9. The number of carbonyl (C=O) groups excluding carboxylic acids is 1. The second kappa shape index (κ2) is 8.27. The van der Waals surface area contributed by atoms with Gasteiger partial charge >= 0.3 is 0 Å². The molecule has 0 atom stereocenters. The molecule has 0 unspecified atom stereocenters. The minimum Gasteiger partial charge on any atom is -0.389 e. The summed E-state index contributed by atoms with van der Waals surface area (Å²) >= 11 is 0. The molecule has 0 aromatic rings. The smallest absolute Gasteiger partial charge is 0.221 e. The minimum absolute atomic E-state index is 0.165. The lowest BCUT2D eigenvalue weighted by molar-refractivity contribution is -0.122. The van der Waals surface area contributed by atoms with E-state index in [4.69, 9.17) is 0 Å². The minimum atomic E-state index is -0.458. The van der Waals surface area contributed by atoms with Gasteiger partial charge in [0.25, 0.3) is 0 Å². The van der Waals surface area contributed by atoms with Crippen LogP contribution in [-0.2, 0) is 4.79 Å². The number of hydrogen-bond donors (Lipinski definition) is 2. The molecule has 0 radical (unpaired) electrons. The maximum atomic E-state index is 11.9. The molecule has 2 rings (SSSR count). The summed E-state index contributed by atoms with van der Waals surface area (Å²) in [6.07, 6.45) is 8.08. The van der Waals surface area contributed by atoms with Gasteiger partial charge in [0.15, 0.2) is 0 Å². The molecule has 128 valence electrons. The van der Waals surface area contributed by atoms with Crippen molar-refractivity contribution in [3.05, 3.63) is 0 Å². The third-order valence-electron chi connectivity index (χ3n) is 5.04. The highest BCUT2D eigenvalue weighted by Gasteiger charge is 2.32. The van der Waals surface area contributed by atoms with Gasteiger partial charge in [0.1, 0.15) is 0 Å². The van der Waals surface area contributed by atoms with E-state index in [0.29, 0.717) is 12.5 Å². The van der Waals surface area contributed by atoms with E-state index in [1.807, 2.05) is 19.0 Å². The summed E-state index contributed by atoms with van der Waals surface area (Å²) in [6, 6.07) is 0.312. The van der Waals surface area contributed by atoms with E-state index in [2.05, 4.69) is 10.2 Å². The molecule has 0 bridgehead atoms. The van der Waals surface area contributed by atoms with Crippen molar-refractivity contribution in [2.24, 2.45) is 0 Å². The number of hydrogen-bond acceptors (Lipinski definition) is 4. The summed E-state index contributed by atoms with van der Waals surface area (Å²) in [5.41, 5.74) is -0.458. The van der Waals surface area contributed by atoms with Gasteiger partial charge in [-0.25, -0.2) is 0 Å². The Balaban J connectivity index is 1.66. The van der Waals surface area contributed by atoms with Crippen LogP contribution in [0.25, 0.3) is 0 Å². The van der Waals surface area contributed by atoms with E-state index in [-0.39, 0.29) is 5.91 Å². The van der Waals surface area contributed by atoms with Crippen LogP contribution in [0.3, 0.4) is 0 Å². The van der Waals surface area contributed by atoms with Gasteiger partial charge in [0.2, 0.25) is 5.91 Å². The number of carbonyl (C=O) groups is 1. The molecule has 1 saturated carbocycles. The first-order valence-electron chi connectivity index (χ1n) is 8.86. The molecule has 0 spiro atoms. The number of rotatable bonds is 6. The molecule has 0 aromatic heterocycles. The third kappa shape index (κ3) is 5.86. The zero-order chi connectivity index (χ0) is 16.0. The Hall–Kier alpha value is -0.650. The van der Waals surface area contributed by atoms with Crippen molar-refractivity contribution >= 4 is 5.91 Å². The van der Waals surface area contributed by atoms with Crippen LogP contribution in [0.5, 0.6) is 0 Å². The lowest BCUT2D eigenvalue weighted by Crippen LogP contribution is -2.50. The number of amides is 1. The molecule has 2 fully saturated rings. The number of β-amino-alcohol motifs (C(OH)–C–C–N with tert-alkyl or cyclic N) is 1. The highest BCUT2D eigenvalue weighted by atomic mass is 16.3. The standard InChI is InChI=1S/C17H33N3O2/c1-19(2)11-8-16(21)18-15-6-12-20(13-7-15)14-17(22)9-4-3-5-10-17/h15,22H,3-14H2,1-2H3,(H,18,21). The number of nitrogens with zero attached hydrogens (tertiary/aromatic N) is 2. The van der Waals surface area contributed by atoms with Crippen molar-refractivity contribution in [3.63, 3.8) is 0 Å². The lowest BCUT2D eigenvalue weighted by Gasteiger charge is -2.40. The first kappa shape index (κ1) is 17.7. The van der Waals surface area contributed by atoms with E-state index in [9.17, 15) is 9.90 Å². The summed E-state index contributed by atoms with van der Waals surface area (Å²) in [4.78, 5) is 16.3. The molecule has 5 nitrogen and oxygen atoms in total. The van der Waals surface area contributed by atoms with Crippen LogP contribution in [0.2, 0.25) is 0 Å². The van der Waals surface area contributed by atoms with Gasteiger partial charge in [-0.2, -0.15) is 0 Å². The highest BCUT2D eigenvalue weighted by Crippen LogP contribution is 2.29. The van der Waals surface area contributed by atoms with Crippen LogP contribution >= 0.6 is 0 Å². The van der Waals surface area contributed by atoms with E-state index in [1.54, 1.807) is 0 Å². The van der Waals surface area contributed by atoms with Crippen molar-refractivity contribution in [2.75, 3.05) is 40.3 Å². The quantitative estimate of drug-likeness (QED) is 0.774. The molecule has 1 heterocycles. The van der Waals surface area contributed by atoms with Crippen molar-refractivity contribution in [2.45, 2.75) is 63.0 Å². The number of aliphatic hydroxyl groups is 1. The molecule has 0 aromatic carbocycles. The first-order chi connectivity index (χ1) is 10.5. The summed E-state index contributed by atoms with van der Waals surface area (Å²) in [5.74, 6) is 0.165. The predicted molar refractivity (Wildman–Crippen MR) is 88.8 cm³/mol. The Bertz CT molecular complexity index is 346. The third-order valence-corrected chi connectivity index (χ3v) is 5.04. The summed E-state index contributed by atoms with van der Waals surface area (Å²) in [7, 11) is 3.98. The average molecular weight is 311 g/mol. The SMILES string of the molecule is CN(C)CCC(=O)NC1CCN(CC2(O)CCCCC2)CC1.